The molecule has 2 heterocycles. The smallest absolute Gasteiger partial charge is 0.140 e. The topological polar surface area (TPSA) is 26.5 Å². The monoisotopic (exact) mass is 306 g/mol. The number of hydrogen-bond donors (Lipinski definition) is 0. The van der Waals surface area contributed by atoms with Crippen LogP contribution in [0.5, 0.6) is 5.75 Å². The predicted octanol–water partition coefficient (Wildman–Crippen LogP) is 4.53. The fourth-order valence-electron chi connectivity index (χ4n) is 2.01. The highest BCUT2D eigenvalue weighted by atomic mass is 35.5. The Morgan fingerprint density at radius 1 is 1.25 bits per heavy atom. The molecule has 0 bridgehead atoms. The van der Waals surface area contributed by atoms with E-state index in [1.807, 2.05) is 35.9 Å². The van der Waals surface area contributed by atoms with Crippen molar-refractivity contribution in [3.63, 3.8) is 0 Å². The normalized spacial score (nSPS) is 10.9. The van der Waals surface area contributed by atoms with E-state index in [1.165, 1.54) is 0 Å². The van der Waals surface area contributed by atoms with E-state index < -0.39 is 0 Å². The molecule has 0 fully saturated rings. The first kappa shape index (κ1) is 13.3. The van der Waals surface area contributed by atoms with Crippen LogP contribution in [0.25, 0.3) is 5.65 Å². The molecule has 0 spiro atoms. The SMILES string of the molecule is Cc1cccn2cc(COc3cc(Cl)ccc3Cl)nc12. The minimum atomic E-state index is 0.348. The van der Waals surface area contributed by atoms with Gasteiger partial charge >= 0.3 is 0 Å². The third-order valence-corrected chi connectivity index (χ3v) is 3.54. The van der Waals surface area contributed by atoms with Gasteiger partial charge in [-0.1, -0.05) is 29.3 Å². The van der Waals surface area contributed by atoms with Gasteiger partial charge in [-0.25, -0.2) is 4.98 Å². The van der Waals surface area contributed by atoms with Crippen molar-refractivity contribution in [2.24, 2.45) is 0 Å². The van der Waals surface area contributed by atoms with Crippen LogP contribution in [0.2, 0.25) is 10.0 Å². The molecular formula is C15H12Cl2N2O. The zero-order valence-corrected chi connectivity index (χ0v) is 12.3. The molecule has 3 nitrogen and oxygen atoms in total. The van der Waals surface area contributed by atoms with Gasteiger partial charge in [-0.3, -0.25) is 0 Å². The summed E-state index contributed by atoms with van der Waals surface area (Å²) in [6, 6.07) is 9.16. The highest BCUT2D eigenvalue weighted by Gasteiger charge is 2.07. The van der Waals surface area contributed by atoms with Crippen molar-refractivity contribution in [1.82, 2.24) is 9.38 Å². The van der Waals surface area contributed by atoms with Gasteiger partial charge in [-0.2, -0.15) is 0 Å². The fraction of sp³-hybridized carbons (Fsp3) is 0.133. The van der Waals surface area contributed by atoms with Gasteiger partial charge in [-0.05, 0) is 30.7 Å². The summed E-state index contributed by atoms with van der Waals surface area (Å²) in [5.74, 6) is 0.563. The van der Waals surface area contributed by atoms with E-state index >= 15 is 0 Å². The molecule has 0 atom stereocenters. The van der Waals surface area contributed by atoms with Crippen molar-refractivity contribution in [3.05, 3.63) is 64.0 Å². The molecule has 0 aliphatic heterocycles. The van der Waals surface area contributed by atoms with Gasteiger partial charge in [0, 0.05) is 23.5 Å². The van der Waals surface area contributed by atoms with Crippen molar-refractivity contribution in [3.8, 4) is 5.75 Å². The second kappa shape index (κ2) is 5.35. The number of fused-ring (bicyclic) bond motifs is 1. The Morgan fingerprint density at radius 3 is 2.90 bits per heavy atom. The number of nitrogens with zero attached hydrogens (tertiary/aromatic N) is 2. The van der Waals surface area contributed by atoms with Gasteiger partial charge in [0.1, 0.15) is 18.0 Å². The van der Waals surface area contributed by atoms with Gasteiger partial charge in [0.2, 0.25) is 0 Å². The molecule has 0 amide bonds. The van der Waals surface area contributed by atoms with Crippen LogP contribution in [0.1, 0.15) is 11.3 Å². The number of hydrogen-bond acceptors (Lipinski definition) is 2. The second-order valence-corrected chi connectivity index (χ2v) is 5.36. The lowest BCUT2D eigenvalue weighted by atomic mass is 10.3. The lowest BCUT2D eigenvalue weighted by Crippen LogP contribution is -1.96. The van der Waals surface area contributed by atoms with Crippen LogP contribution in [0.4, 0.5) is 0 Å². The van der Waals surface area contributed by atoms with Crippen molar-refractivity contribution >= 4 is 28.8 Å². The van der Waals surface area contributed by atoms with E-state index in [-0.39, 0.29) is 0 Å². The number of rotatable bonds is 3. The lowest BCUT2D eigenvalue weighted by molar-refractivity contribution is 0.302. The molecular weight excluding hydrogens is 295 g/mol. The first-order chi connectivity index (χ1) is 9.63. The van der Waals surface area contributed by atoms with Gasteiger partial charge in [-0.15, -0.1) is 0 Å². The van der Waals surface area contributed by atoms with Crippen molar-refractivity contribution in [2.45, 2.75) is 13.5 Å². The quantitative estimate of drug-likeness (QED) is 0.711. The highest BCUT2D eigenvalue weighted by Crippen LogP contribution is 2.28. The summed E-state index contributed by atoms with van der Waals surface area (Å²) in [7, 11) is 0. The maximum atomic E-state index is 6.06. The van der Waals surface area contributed by atoms with Crippen LogP contribution in [-0.4, -0.2) is 9.38 Å². The van der Waals surface area contributed by atoms with Crippen molar-refractivity contribution in [1.29, 1.82) is 0 Å². The molecule has 20 heavy (non-hydrogen) atoms. The van der Waals surface area contributed by atoms with E-state index in [4.69, 9.17) is 27.9 Å². The van der Waals surface area contributed by atoms with Crippen molar-refractivity contribution in [2.75, 3.05) is 0 Å². The number of benzene rings is 1. The minimum Gasteiger partial charge on any atom is -0.486 e. The summed E-state index contributed by atoms with van der Waals surface area (Å²) in [4.78, 5) is 4.54. The lowest BCUT2D eigenvalue weighted by Gasteiger charge is -2.06. The summed E-state index contributed by atoms with van der Waals surface area (Å²) in [5, 5.41) is 1.13. The molecule has 0 saturated heterocycles. The van der Waals surface area contributed by atoms with Gasteiger partial charge < -0.3 is 9.14 Å². The molecule has 0 aliphatic carbocycles. The van der Waals surface area contributed by atoms with Gasteiger partial charge in [0.15, 0.2) is 0 Å². The van der Waals surface area contributed by atoms with Crippen LogP contribution < -0.4 is 4.74 Å². The molecule has 0 N–H and O–H groups in total. The average Bonchev–Trinajstić information content (AvgIpc) is 2.84. The standard InChI is InChI=1S/C15H12Cl2N2O/c1-10-3-2-6-19-8-12(18-15(10)19)9-20-14-7-11(16)4-5-13(14)17/h2-8H,9H2,1H3. The Hall–Kier alpha value is -1.71. The minimum absolute atomic E-state index is 0.348. The highest BCUT2D eigenvalue weighted by molar-refractivity contribution is 6.34. The van der Waals surface area contributed by atoms with Crippen LogP contribution in [0.15, 0.2) is 42.7 Å². The van der Waals surface area contributed by atoms with Crippen LogP contribution >= 0.6 is 23.2 Å². The van der Waals surface area contributed by atoms with Crippen LogP contribution in [0, 0.1) is 6.92 Å². The maximum absolute atomic E-state index is 6.06. The van der Waals surface area contributed by atoms with E-state index in [9.17, 15) is 0 Å². The number of pyridine rings is 1. The average molecular weight is 307 g/mol. The molecule has 102 valence electrons. The Bertz CT molecular complexity index is 768. The third kappa shape index (κ3) is 2.60. The molecule has 0 unspecified atom stereocenters. The van der Waals surface area contributed by atoms with Crippen molar-refractivity contribution < 1.29 is 4.74 Å². The molecule has 1 aromatic carbocycles. The Kier molecular flexibility index (Phi) is 3.55. The van der Waals surface area contributed by atoms with Crippen LogP contribution in [0.3, 0.4) is 0 Å². The summed E-state index contributed by atoms with van der Waals surface area (Å²) in [6.07, 6.45) is 3.91. The van der Waals surface area contributed by atoms with Gasteiger partial charge in [0.25, 0.3) is 0 Å². The first-order valence-corrected chi connectivity index (χ1v) is 6.90. The summed E-state index contributed by atoms with van der Waals surface area (Å²) < 4.78 is 7.66. The zero-order chi connectivity index (χ0) is 14.1. The van der Waals surface area contributed by atoms with E-state index in [0.29, 0.717) is 22.4 Å². The maximum Gasteiger partial charge on any atom is 0.140 e. The number of aryl methyl sites for hydroxylation is 1. The largest absolute Gasteiger partial charge is 0.486 e. The Balaban J connectivity index is 1.83. The molecule has 0 radical (unpaired) electrons. The summed E-state index contributed by atoms with van der Waals surface area (Å²) >= 11 is 12.0. The number of aromatic nitrogens is 2. The molecule has 0 saturated carbocycles. The third-order valence-electron chi connectivity index (χ3n) is 3.00. The van der Waals surface area contributed by atoms with E-state index in [2.05, 4.69) is 4.98 Å². The Labute approximate surface area is 126 Å². The van der Waals surface area contributed by atoms with E-state index in [0.717, 1.165) is 16.9 Å². The molecule has 3 rings (SSSR count). The number of halogens is 2. The first-order valence-electron chi connectivity index (χ1n) is 6.14. The second-order valence-electron chi connectivity index (χ2n) is 4.52. The number of ether oxygens (including phenoxy) is 1. The molecule has 2 aromatic heterocycles. The summed E-state index contributed by atoms with van der Waals surface area (Å²) in [5.41, 5.74) is 2.90. The fourth-order valence-corrected chi connectivity index (χ4v) is 2.35. The predicted molar refractivity (Wildman–Crippen MR) is 80.7 cm³/mol. The zero-order valence-electron chi connectivity index (χ0n) is 10.8. The molecule has 3 aromatic rings. The summed E-state index contributed by atoms with van der Waals surface area (Å²) in [6.45, 7) is 2.38. The molecule has 0 aliphatic rings. The number of imidazole rings is 1. The Morgan fingerprint density at radius 2 is 2.10 bits per heavy atom. The van der Waals surface area contributed by atoms with Gasteiger partial charge in [0.05, 0.1) is 10.7 Å². The van der Waals surface area contributed by atoms with Crippen LogP contribution in [-0.2, 0) is 6.61 Å². The molecule has 5 heteroatoms. The van der Waals surface area contributed by atoms with E-state index in [1.54, 1.807) is 18.2 Å².